The summed E-state index contributed by atoms with van der Waals surface area (Å²) in [5, 5.41) is 10.7. The second-order valence-electron chi connectivity index (χ2n) is 7.39. The molecule has 150 valence electrons. The van der Waals surface area contributed by atoms with Crippen molar-refractivity contribution in [2.75, 3.05) is 25.7 Å². The first-order valence-corrected chi connectivity index (χ1v) is 9.53. The minimum absolute atomic E-state index is 0.126. The zero-order valence-electron chi connectivity index (χ0n) is 16.2. The first-order valence-electron chi connectivity index (χ1n) is 9.53. The van der Waals surface area contributed by atoms with Crippen LogP contribution in [0, 0.1) is 0 Å². The minimum Gasteiger partial charge on any atom is -0.502 e. The summed E-state index contributed by atoms with van der Waals surface area (Å²) in [6, 6.07) is 4.89. The van der Waals surface area contributed by atoms with Gasteiger partial charge in [0, 0.05) is 18.8 Å². The number of aliphatic hydroxyl groups excluding tert-OH is 1. The number of carbonyl (C=O) groups is 2. The van der Waals surface area contributed by atoms with Crippen LogP contribution >= 0.6 is 0 Å². The van der Waals surface area contributed by atoms with Gasteiger partial charge in [0.05, 0.1) is 37.2 Å². The molecule has 0 aliphatic carbocycles. The van der Waals surface area contributed by atoms with Gasteiger partial charge in [-0.25, -0.2) is 0 Å². The third-order valence-corrected chi connectivity index (χ3v) is 6.00. The van der Waals surface area contributed by atoms with E-state index in [1.54, 1.807) is 36.6 Å². The first kappa shape index (κ1) is 17.7. The average Bonchev–Trinajstić information content (AvgIpc) is 3.21. The summed E-state index contributed by atoms with van der Waals surface area (Å²) >= 11 is 0. The van der Waals surface area contributed by atoms with Crippen LogP contribution in [0.1, 0.15) is 23.2 Å². The van der Waals surface area contributed by atoms with Crippen LogP contribution < -0.4 is 9.64 Å². The predicted octanol–water partition coefficient (Wildman–Crippen LogP) is 2.12. The van der Waals surface area contributed by atoms with Gasteiger partial charge in [-0.1, -0.05) is 0 Å². The molecule has 2 unspecified atom stereocenters. The molecule has 0 spiro atoms. The van der Waals surface area contributed by atoms with Gasteiger partial charge in [-0.05, 0) is 37.1 Å². The van der Waals surface area contributed by atoms with Crippen LogP contribution in [-0.4, -0.2) is 59.7 Å². The van der Waals surface area contributed by atoms with Crippen LogP contribution in [-0.2, 0) is 9.53 Å². The number of hydrogen-bond donors (Lipinski definition) is 1. The number of ether oxygens (including phenoxy) is 2. The molecular weight excluding hydrogens is 374 g/mol. The second kappa shape index (κ2) is 6.30. The lowest BCUT2D eigenvalue weighted by Gasteiger charge is -2.46. The number of amides is 2. The molecule has 4 aliphatic heterocycles. The molecule has 0 radical (unpaired) electrons. The maximum Gasteiger partial charge on any atom is 0.297 e. The monoisotopic (exact) mass is 395 g/mol. The van der Waals surface area contributed by atoms with E-state index in [4.69, 9.17) is 9.47 Å². The molecule has 1 aromatic carbocycles. The summed E-state index contributed by atoms with van der Waals surface area (Å²) in [7, 11) is 3.07. The second-order valence-corrected chi connectivity index (χ2v) is 7.39. The molecule has 1 fully saturated rings. The number of nitrogens with zero attached hydrogens (tertiary/aromatic N) is 3. The van der Waals surface area contributed by atoms with Gasteiger partial charge in [-0.3, -0.25) is 14.5 Å². The fourth-order valence-corrected chi connectivity index (χ4v) is 4.65. The van der Waals surface area contributed by atoms with Crippen LogP contribution in [0.4, 0.5) is 5.69 Å². The van der Waals surface area contributed by atoms with Crippen molar-refractivity contribution in [2.24, 2.45) is 0 Å². The smallest absolute Gasteiger partial charge is 0.297 e. The number of methoxy groups -OCH3 is 2. The summed E-state index contributed by atoms with van der Waals surface area (Å²) in [6.07, 6.45) is 6.39. The van der Waals surface area contributed by atoms with Gasteiger partial charge in [0.15, 0.2) is 0 Å². The summed E-state index contributed by atoms with van der Waals surface area (Å²) in [5.41, 5.74) is 1.25. The zero-order valence-corrected chi connectivity index (χ0v) is 16.2. The zero-order chi connectivity index (χ0) is 20.3. The van der Waals surface area contributed by atoms with Gasteiger partial charge >= 0.3 is 0 Å². The van der Waals surface area contributed by atoms with Crippen molar-refractivity contribution in [3.8, 4) is 5.75 Å². The van der Waals surface area contributed by atoms with E-state index in [1.807, 2.05) is 9.80 Å². The molecule has 8 heteroatoms. The molecule has 4 heterocycles. The lowest BCUT2D eigenvalue weighted by Crippen LogP contribution is -2.61. The minimum atomic E-state index is -0.531. The molecule has 2 amide bonds. The number of allylic oxidation sites excluding steroid dienone is 2. The Bertz CT molecular complexity index is 1010. The predicted molar refractivity (Wildman–Crippen MR) is 104 cm³/mol. The van der Waals surface area contributed by atoms with Crippen LogP contribution in [0.2, 0.25) is 0 Å². The van der Waals surface area contributed by atoms with Crippen molar-refractivity contribution in [3.05, 3.63) is 59.3 Å². The Kier molecular flexibility index (Phi) is 3.84. The van der Waals surface area contributed by atoms with E-state index >= 15 is 0 Å². The molecule has 1 aromatic rings. The van der Waals surface area contributed by atoms with E-state index in [9.17, 15) is 14.7 Å². The van der Waals surface area contributed by atoms with E-state index in [1.165, 1.54) is 19.1 Å². The lowest BCUT2D eigenvalue weighted by molar-refractivity contribution is -0.120. The third kappa shape index (κ3) is 2.38. The largest absolute Gasteiger partial charge is 0.502 e. The molecule has 1 saturated heterocycles. The molecule has 2 atom stereocenters. The molecule has 0 bridgehead atoms. The quantitative estimate of drug-likeness (QED) is 0.826. The van der Waals surface area contributed by atoms with Gasteiger partial charge in [0.25, 0.3) is 11.8 Å². The van der Waals surface area contributed by atoms with Gasteiger partial charge < -0.3 is 24.4 Å². The van der Waals surface area contributed by atoms with Gasteiger partial charge in [0.2, 0.25) is 5.76 Å². The van der Waals surface area contributed by atoms with Crippen molar-refractivity contribution >= 4 is 17.5 Å². The fourth-order valence-electron chi connectivity index (χ4n) is 4.65. The number of carbonyl (C=O) groups excluding carboxylic acids is 2. The van der Waals surface area contributed by atoms with Crippen LogP contribution in [0.15, 0.2) is 53.8 Å². The van der Waals surface area contributed by atoms with Crippen molar-refractivity contribution in [1.29, 1.82) is 0 Å². The Morgan fingerprint density at radius 1 is 1.14 bits per heavy atom. The van der Waals surface area contributed by atoms with Crippen molar-refractivity contribution < 1.29 is 24.2 Å². The summed E-state index contributed by atoms with van der Waals surface area (Å²) < 4.78 is 10.6. The number of benzene rings is 1. The molecule has 0 aromatic heterocycles. The highest BCUT2D eigenvalue weighted by atomic mass is 16.5. The van der Waals surface area contributed by atoms with E-state index in [0.717, 1.165) is 12.8 Å². The first-order chi connectivity index (χ1) is 14.0. The molecule has 5 rings (SSSR count). The average molecular weight is 395 g/mol. The highest BCUT2D eigenvalue weighted by Gasteiger charge is 2.51. The highest BCUT2D eigenvalue weighted by molar-refractivity contribution is 6.12. The standard InChI is InChI=1S/C21H21N3O5/c1-28-12-5-6-15-14(10-12)20(26)23-8-3-4-16(23)19-22-9-7-13(29-2)11-17(22)18(25)21(27)24(15)19/h5-7,9-11,16,19,25H,3-4,8H2,1-2H3. The fraction of sp³-hybridized carbons (Fsp3) is 0.333. The number of rotatable bonds is 2. The Balaban J connectivity index is 1.74. The van der Waals surface area contributed by atoms with E-state index in [-0.39, 0.29) is 17.7 Å². The number of anilines is 1. The van der Waals surface area contributed by atoms with Crippen molar-refractivity contribution in [2.45, 2.75) is 25.0 Å². The highest BCUT2D eigenvalue weighted by Crippen LogP contribution is 2.43. The number of fused-ring (bicyclic) bond motifs is 7. The van der Waals surface area contributed by atoms with Crippen molar-refractivity contribution in [3.63, 3.8) is 0 Å². The molecule has 4 aliphatic rings. The van der Waals surface area contributed by atoms with Gasteiger partial charge in [0.1, 0.15) is 17.7 Å². The van der Waals surface area contributed by atoms with Gasteiger partial charge in [-0.15, -0.1) is 0 Å². The molecule has 1 N–H and O–H groups in total. The molecular formula is C21H21N3O5. The number of aliphatic hydroxyl groups is 1. The van der Waals surface area contributed by atoms with Gasteiger partial charge in [-0.2, -0.15) is 0 Å². The van der Waals surface area contributed by atoms with E-state index < -0.39 is 12.1 Å². The number of hydrogen-bond acceptors (Lipinski definition) is 6. The SMILES string of the molecule is COC1=CC2=C(O)C(=O)N3c4ccc(OC)cc4C(=O)N4CCCC4C3N2C=C1. The Hall–Kier alpha value is -3.42. The topological polar surface area (TPSA) is 82.5 Å². The molecule has 29 heavy (non-hydrogen) atoms. The van der Waals surface area contributed by atoms with E-state index in [0.29, 0.717) is 35.0 Å². The lowest BCUT2D eigenvalue weighted by atomic mass is 10.0. The van der Waals surface area contributed by atoms with Crippen LogP contribution in [0.5, 0.6) is 5.75 Å². The summed E-state index contributed by atoms with van der Waals surface area (Å²) in [5.74, 6) is 0.0553. The maximum absolute atomic E-state index is 13.4. The maximum atomic E-state index is 13.4. The Morgan fingerprint density at radius 3 is 2.72 bits per heavy atom. The van der Waals surface area contributed by atoms with Crippen molar-refractivity contribution in [1.82, 2.24) is 9.80 Å². The Morgan fingerprint density at radius 2 is 1.97 bits per heavy atom. The molecule has 8 nitrogen and oxygen atoms in total. The summed E-state index contributed by atoms with van der Waals surface area (Å²) in [4.78, 5) is 31.9. The molecule has 0 saturated carbocycles. The Labute approximate surface area is 167 Å². The summed E-state index contributed by atoms with van der Waals surface area (Å²) in [6.45, 7) is 0.625. The van der Waals surface area contributed by atoms with Crippen LogP contribution in [0.3, 0.4) is 0 Å². The third-order valence-electron chi connectivity index (χ3n) is 6.00. The van der Waals surface area contributed by atoms with E-state index in [2.05, 4.69) is 0 Å². The van der Waals surface area contributed by atoms with Crippen LogP contribution in [0.25, 0.3) is 0 Å². The normalized spacial score (nSPS) is 25.2.